The standard InChI is InChI=1S/C8H7BrN2O3/c1-14-8-5-10-4-7(9)6(8)2-3-11(12)13/h2-5H,1H3/b3-2+. The molecule has 74 valence electrons. The number of ether oxygens (including phenoxy) is 1. The second-order valence-electron chi connectivity index (χ2n) is 2.34. The van der Waals surface area contributed by atoms with Gasteiger partial charge in [-0.05, 0) is 15.9 Å². The van der Waals surface area contributed by atoms with Crippen molar-refractivity contribution < 1.29 is 9.66 Å². The van der Waals surface area contributed by atoms with E-state index in [4.69, 9.17) is 4.74 Å². The summed E-state index contributed by atoms with van der Waals surface area (Å²) in [7, 11) is 1.48. The Balaban J connectivity index is 3.11. The summed E-state index contributed by atoms with van der Waals surface area (Å²) in [5, 5.41) is 10.1. The molecular formula is C8H7BrN2O3. The van der Waals surface area contributed by atoms with E-state index < -0.39 is 4.92 Å². The van der Waals surface area contributed by atoms with Crippen molar-refractivity contribution in [3.8, 4) is 5.75 Å². The first-order chi connectivity index (χ1) is 6.65. The number of pyridine rings is 1. The number of methoxy groups -OCH3 is 1. The second-order valence-corrected chi connectivity index (χ2v) is 3.19. The molecule has 5 nitrogen and oxygen atoms in total. The minimum Gasteiger partial charge on any atom is -0.494 e. The largest absolute Gasteiger partial charge is 0.494 e. The molecule has 1 aromatic rings. The molecule has 0 saturated carbocycles. The van der Waals surface area contributed by atoms with Crippen molar-refractivity contribution >= 4 is 22.0 Å². The Morgan fingerprint density at radius 2 is 2.36 bits per heavy atom. The predicted molar refractivity (Wildman–Crippen MR) is 54.5 cm³/mol. The van der Waals surface area contributed by atoms with Gasteiger partial charge in [-0.1, -0.05) is 0 Å². The van der Waals surface area contributed by atoms with Crippen LogP contribution in [0.2, 0.25) is 0 Å². The first kappa shape index (κ1) is 10.6. The number of nitrogens with zero attached hydrogens (tertiary/aromatic N) is 2. The SMILES string of the molecule is COc1cncc(Br)c1/C=C/[N+](=O)[O-]. The highest BCUT2D eigenvalue weighted by Gasteiger charge is 2.05. The summed E-state index contributed by atoms with van der Waals surface area (Å²) in [6.45, 7) is 0. The van der Waals surface area contributed by atoms with Gasteiger partial charge >= 0.3 is 0 Å². The fourth-order valence-corrected chi connectivity index (χ4v) is 1.33. The van der Waals surface area contributed by atoms with Crippen LogP contribution in [-0.4, -0.2) is 17.0 Å². The third-order valence-electron chi connectivity index (χ3n) is 1.49. The van der Waals surface area contributed by atoms with Gasteiger partial charge in [-0.15, -0.1) is 0 Å². The molecule has 0 aliphatic carbocycles. The summed E-state index contributed by atoms with van der Waals surface area (Å²) in [5.41, 5.74) is 0.596. The monoisotopic (exact) mass is 258 g/mol. The van der Waals surface area contributed by atoms with Gasteiger partial charge in [0.2, 0.25) is 6.20 Å². The average molecular weight is 259 g/mol. The summed E-state index contributed by atoms with van der Waals surface area (Å²) >= 11 is 3.22. The van der Waals surface area contributed by atoms with Gasteiger partial charge < -0.3 is 4.74 Å². The molecule has 0 fully saturated rings. The molecule has 0 spiro atoms. The topological polar surface area (TPSA) is 65.3 Å². The van der Waals surface area contributed by atoms with Crippen LogP contribution in [0.1, 0.15) is 5.56 Å². The van der Waals surface area contributed by atoms with Gasteiger partial charge in [-0.3, -0.25) is 15.1 Å². The Labute approximate surface area is 88.7 Å². The summed E-state index contributed by atoms with van der Waals surface area (Å²) in [6.07, 6.45) is 5.24. The molecule has 0 aliphatic rings. The molecular weight excluding hydrogens is 252 g/mol. The smallest absolute Gasteiger partial charge is 0.235 e. The number of nitro groups is 1. The maximum Gasteiger partial charge on any atom is 0.235 e. The maximum atomic E-state index is 10.1. The van der Waals surface area contributed by atoms with E-state index in [9.17, 15) is 10.1 Å². The van der Waals surface area contributed by atoms with E-state index in [-0.39, 0.29) is 0 Å². The van der Waals surface area contributed by atoms with E-state index in [2.05, 4.69) is 20.9 Å². The van der Waals surface area contributed by atoms with Crippen molar-refractivity contribution in [1.29, 1.82) is 0 Å². The molecule has 0 atom stereocenters. The van der Waals surface area contributed by atoms with Crippen LogP contribution in [0.4, 0.5) is 0 Å². The Bertz CT molecular complexity index is 379. The van der Waals surface area contributed by atoms with Crippen LogP contribution in [0.5, 0.6) is 5.75 Å². The van der Waals surface area contributed by atoms with E-state index in [0.29, 0.717) is 15.8 Å². The Kier molecular flexibility index (Phi) is 3.58. The average Bonchev–Trinajstić information content (AvgIpc) is 2.15. The zero-order valence-corrected chi connectivity index (χ0v) is 8.89. The zero-order chi connectivity index (χ0) is 10.6. The van der Waals surface area contributed by atoms with Gasteiger partial charge in [0.25, 0.3) is 0 Å². The predicted octanol–water partition coefficient (Wildman–Crippen LogP) is 2.10. The Hall–Kier alpha value is -1.43. The number of rotatable bonds is 3. The Morgan fingerprint density at radius 1 is 1.64 bits per heavy atom. The van der Waals surface area contributed by atoms with E-state index in [0.717, 1.165) is 6.20 Å². The van der Waals surface area contributed by atoms with Crippen LogP contribution in [0, 0.1) is 10.1 Å². The molecule has 0 bridgehead atoms. The van der Waals surface area contributed by atoms with Crippen LogP contribution in [0.15, 0.2) is 23.1 Å². The molecule has 14 heavy (non-hydrogen) atoms. The van der Waals surface area contributed by atoms with Crippen LogP contribution in [-0.2, 0) is 0 Å². The van der Waals surface area contributed by atoms with Gasteiger partial charge in [0.15, 0.2) is 0 Å². The molecule has 0 unspecified atom stereocenters. The van der Waals surface area contributed by atoms with E-state index in [1.54, 1.807) is 6.20 Å². The molecule has 1 aromatic heterocycles. The first-order valence-electron chi connectivity index (χ1n) is 3.64. The van der Waals surface area contributed by atoms with Crippen molar-refractivity contribution in [2.75, 3.05) is 7.11 Å². The van der Waals surface area contributed by atoms with Crippen molar-refractivity contribution in [3.63, 3.8) is 0 Å². The van der Waals surface area contributed by atoms with Crippen LogP contribution in [0.25, 0.3) is 6.08 Å². The third-order valence-corrected chi connectivity index (χ3v) is 2.12. The minimum atomic E-state index is -0.535. The van der Waals surface area contributed by atoms with Crippen LogP contribution < -0.4 is 4.74 Å². The molecule has 0 amide bonds. The highest BCUT2D eigenvalue weighted by molar-refractivity contribution is 9.10. The van der Waals surface area contributed by atoms with Gasteiger partial charge in [0.05, 0.1) is 18.2 Å². The molecule has 0 radical (unpaired) electrons. The summed E-state index contributed by atoms with van der Waals surface area (Å²) < 4.78 is 5.64. The molecule has 0 saturated heterocycles. The summed E-state index contributed by atoms with van der Waals surface area (Å²) in [5.74, 6) is 0.484. The minimum absolute atomic E-state index is 0.484. The molecule has 0 aliphatic heterocycles. The molecule has 6 heteroatoms. The quantitative estimate of drug-likeness (QED) is 0.615. The third kappa shape index (κ3) is 2.53. The van der Waals surface area contributed by atoms with Crippen LogP contribution >= 0.6 is 15.9 Å². The lowest BCUT2D eigenvalue weighted by atomic mass is 10.2. The summed E-state index contributed by atoms with van der Waals surface area (Å²) in [4.78, 5) is 13.5. The highest BCUT2D eigenvalue weighted by atomic mass is 79.9. The first-order valence-corrected chi connectivity index (χ1v) is 4.43. The molecule has 0 aromatic carbocycles. The van der Waals surface area contributed by atoms with Crippen molar-refractivity contribution in [2.45, 2.75) is 0 Å². The number of hydrogen-bond donors (Lipinski definition) is 0. The Morgan fingerprint density at radius 3 is 2.93 bits per heavy atom. The summed E-state index contributed by atoms with van der Waals surface area (Å²) in [6, 6.07) is 0. The molecule has 1 heterocycles. The van der Waals surface area contributed by atoms with E-state index in [1.165, 1.54) is 19.4 Å². The van der Waals surface area contributed by atoms with Crippen LogP contribution in [0.3, 0.4) is 0 Å². The van der Waals surface area contributed by atoms with E-state index >= 15 is 0 Å². The second kappa shape index (κ2) is 4.71. The highest BCUT2D eigenvalue weighted by Crippen LogP contribution is 2.26. The van der Waals surface area contributed by atoms with Gasteiger partial charge in [0, 0.05) is 22.3 Å². The van der Waals surface area contributed by atoms with Crippen molar-refractivity contribution in [2.24, 2.45) is 0 Å². The lowest BCUT2D eigenvalue weighted by Gasteiger charge is -2.04. The van der Waals surface area contributed by atoms with E-state index in [1.807, 2.05) is 0 Å². The van der Waals surface area contributed by atoms with Crippen molar-refractivity contribution in [3.05, 3.63) is 38.7 Å². The lowest BCUT2D eigenvalue weighted by Crippen LogP contribution is -1.90. The zero-order valence-electron chi connectivity index (χ0n) is 7.31. The van der Waals surface area contributed by atoms with Gasteiger partial charge in [-0.2, -0.15) is 0 Å². The van der Waals surface area contributed by atoms with Crippen molar-refractivity contribution in [1.82, 2.24) is 4.98 Å². The lowest BCUT2D eigenvalue weighted by molar-refractivity contribution is -0.400. The number of hydrogen-bond acceptors (Lipinski definition) is 4. The maximum absolute atomic E-state index is 10.1. The fraction of sp³-hybridized carbons (Fsp3) is 0.125. The fourth-order valence-electron chi connectivity index (χ4n) is 0.887. The van der Waals surface area contributed by atoms with Gasteiger partial charge in [-0.25, -0.2) is 0 Å². The number of aromatic nitrogens is 1. The van der Waals surface area contributed by atoms with Gasteiger partial charge in [0.1, 0.15) is 5.75 Å². The number of halogens is 1. The molecule has 0 N–H and O–H groups in total. The molecule has 1 rings (SSSR count). The normalized spacial score (nSPS) is 10.4.